The zero-order valence-electron chi connectivity index (χ0n) is 16.9. The molecule has 3 unspecified atom stereocenters. The van der Waals surface area contributed by atoms with Gasteiger partial charge in [-0.3, -0.25) is 0 Å². The van der Waals surface area contributed by atoms with Gasteiger partial charge in [0.05, 0.1) is 0 Å². The molecule has 7 heteroatoms. The molecule has 30 heavy (non-hydrogen) atoms. The van der Waals surface area contributed by atoms with Crippen molar-refractivity contribution in [3.63, 3.8) is 0 Å². The number of aryl methyl sites for hydroxylation is 2. The minimum absolute atomic E-state index is 0.289. The molecule has 2 aromatic carbocycles. The standard InChI is InChI=1S/C23H27F2NO4/c1-26(12-18(27)22-6-2-14-10-16(24)4-8-20(14)29-22)13-19(28)23-7-3-15-11-17(25)5-9-21(15)30-23/h4-5,8-11,18-19,22-23,27-28H,2-3,6-7,12-13H2,1H3/t18-,19?,22?,23?/m0/s1. The highest BCUT2D eigenvalue weighted by atomic mass is 19.1. The number of hydrogen-bond acceptors (Lipinski definition) is 5. The summed E-state index contributed by atoms with van der Waals surface area (Å²) >= 11 is 0. The van der Waals surface area contributed by atoms with Crippen LogP contribution in [0.15, 0.2) is 36.4 Å². The average molecular weight is 419 g/mol. The van der Waals surface area contributed by atoms with Crippen LogP contribution in [0, 0.1) is 11.6 Å². The van der Waals surface area contributed by atoms with Gasteiger partial charge in [0.1, 0.15) is 47.5 Å². The van der Waals surface area contributed by atoms with Crippen molar-refractivity contribution >= 4 is 0 Å². The number of likely N-dealkylation sites (N-methyl/N-ethyl adjacent to an activating group) is 1. The van der Waals surface area contributed by atoms with E-state index in [1.165, 1.54) is 24.3 Å². The van der Waals surface area contributed by atoms with Gasteiger partial charge in [-0.25, -0.2) is 8.78 Å². The molecule has 0 bridgehead atoms. The Morgan fingerprint density at radius 2 is 1.30 bits per heavy atom. The first-order chi connectivity index (χ1) is 14.4. The maximum atomic E-state index is 13.3. The van der Waals surface area contributed by atoms with Gasteiger partial charge < -0.3 is 24.6 Å². The molecule has 2 aromatic rings. The molecule has 5 nitrogen and oxygen atoms in total. The number of nitrogens with zero attached hydrogens (tertiary/aromatic N) is 1. The van der Waals surface area contributed by atoms with Crippen LogP contribution in [0.25, 0.3) is 0 Å². The van der Waals surface area contributed by atoms with Crippen molar-refractivity contribution < 1.29 is 28.5 Å². The van der Waals surface area contributed by atoms with Crippen LogP contribution >= 0.6 is 0 Å². The van der Waals surface area contributed by atoms with E-state index >= 15 is 0 Å². The van der Waals surface area contributed by atoms with Crippen LogP contribution in [0.1, 0.15) is 24.0 Å². The minimum atomic E-state index is -0.739. The molecule has 0 saturated carbocycles. The van der Waals surface area contributed by atoms with Gasteiger partial charge in [-0.05, 0) is 80.3 Å². The lowest BCUT2D eigenvalue weighted by Crippen LogP contribution is -2.47. The molecule has 2 N–H and O–H groups in total. The van der Waals surface area contributed by atoms with E-state index in [0.717, 1.165) is 11.1 Å². The van der Waals surface area contributed by atoms with E-state index in [-0.39, 0.29) is 23.8 Å². The smallest absolute Gasteiger partial charge is 0.126 e. The van der Waals surface area contributed by atoms with Gasteiger partial charge in [-0.15, -0.1) is 0 Å². The molecule has 0 spiro atoms. The topological polar surface area (TPSA) is 62.2 Å². The third kappa shape index (κ3) is 4.74. The highest BCUT2D eigenvalue weighted by Gasteiger charge is 2.30. The lowest BCUT2D eigenvalue weighted by atomic mass is 9.98. The second kappa shape index (κ2) is 8.88. The van der Waals surface area contributed by atoms with Crippen LogP contribution in [0.2, 0.25) is 0 Å². The van der Waals surface area contributed by atoms with Crippen molar-refractivity contribution in [2.24, 2.45) is 0 Å². The fraction of sp³-hybridized carbons (Fsp3) is 0.478. The largest absolute Gasteiger partial charge is 0.487 e. The highest BCUT2D eigenvalue weighted by Crippen LogP contribution is 2.31. The maximum Gasteiger partial charge on any atom is 0.126 e. The van der Waals surface area contributed by atoms with Crippen LogP contribution in [0.4, 0.5) is 8.78 Å². The zero-order chi connectivity index (χ0) is 21.3. The van der Waals surface area contributed by atoms with Crippen LogP contribution in [0.3, 0.4) is 0 Å². The Bertz CT molecular complexity index is 822. The second-order valence-corrected chi connectivity index (χ2v) is 8.25. The van der Waals surface area contributed by atoms with E-state index in [9.17, 15) is 19.0 Å². The van der Waals surface area contributed by atoms with Gasteiger partial charge >= 0.3 is 0 Å². The van der Waals surface area contributed by atoms with Crippen molar-refractivity contribution in [2.75, 3.05) is 20.1 Å². The normalized spacial score (nSPS) is 22.5. The Labute approximate surface area is 174 Å². The zero-order valence-corrected chi connectivity index (χ0v) is 16.9. The maximum absolute atomic E-state index is 13.3. The van der Waals surface area contributed by atoms with Crippen LogP contribution in [-0.2, 0) is 12.8 Å². The van der Waals surface area contributed by atoms with E-state index in [1.807, 2.05) is 11.9 Å². The first-order valence-electron chi connectivity index (χ1n) is 10.3. The van der Waals surface area contributed by atoms with Gasteiger partial charge in [0.25, 0.3) is 0 Å². The molecule has 0 aromatic heterocycles. The molecule has 0 aliphatic carbocycles. The van der Waals surface area contributed by atoms with E-state index < -0.39 is 12.2 Å². The molecular formula is C23H27F2NO4. The monoisotopic (exact) mass is 419 g/mol. The fourth-order valence-corrected chi connectivity index (χ4v) is 4.25. The lowest BCUT2D eigenvalue weighted by Gasteiger charge is -2.34. The predicted octanol–water partition coefficient (Wildman–Crippen LogP) is 2.71. The van der Waals surface area contributed by atoms with Crippen molar-refractivity contribution in [3.8, 4) is 11.5 Å². The minimum Gasteiger partial charge on any atom is -0.487 e. The first kappa shape index (κ1) is 21.0. The number of rotatable bonds is 6. The van der Waals surface area contributed by atoms with Gasteiger partial charge in [0.2, 0.25) is 0 Å². The number of benzene rings is 2. The SMILES string of the molecule is CN(CC(O)C1CCc2cc(F)ccc2O1)C[C@H](O)C1CCc2cc(F)ccc2O1. The summed E-state index contributed by atoms with van der Waals surface area (Å²) in [7, 11) is 1.82. The van der Waals surface area contributed by atoms with E-state index in [4.69, 9.17) is 9.47 Å². The second-order valence-electron chi connectivity index (χ2n) is 8.25. The number of fused-ring (bicyclic) bond motifs is 2. The summed E-state index contributed by atoms with van der Waals surface area (Å²) in [6.45, 7) is 0.652. The highest BCUT2D eigenvalue weighted by molar-refractivity contribution is 5.36. The van der Waals surface area contributed by atoms with Gasteiger partial charge in [-0.1, -0.05) is 0 Å². The molecule has 4 atom stereocenters. The Morgan fingerprint density at radius 3 is 1.73 bits per heavy atom. The predicted molar refractivity (Wildman–Crippen MR) is 108 cm³/mol. The molecule has 2 aliphatic heterocycles. The first-order valence-corrected chi connectivity index (χ1v) is 10.3. The Morgan fingerprint density at radius 1 is 0.867 bits per heavy atom. The Balaban J connectivity index is 1.28. The summed E-state index contributed by atoms with van der Waals surface area (Å²) in [5.41, 5.74) is 1.63. The number of hydrogen-bond donors (Lipinski definition) is 2. The number of aliphatic hydroxyl groups is 2. The molecule has 4 rings (SSSR count). The molecule has 0 amide bonds. The van der Waals surface area contributed by atoms with Crippen LogP contribution in [0.5, 0.6) is 11.5 Å². The summed E-state index contributed by atoms with van der Waals surface area (Å²) in [6, 6.07) is 8.84. The van der Waals surface area contributed by atoms with Crippen molar-refractivity contribution in [1.29, 1.82) is 0 Å². The Kier molecular flexibility index (Phi) is 6.22. The molecule has 162 valence electrons. The third-order valence-corrected chi connectivity index (χ3v) is 5.85. The van der Waals surface area contributed by atoms with E-state index in [0.29, 0.717) is 50.3 Å². The van der Waals surface area contributed by atoms with Crippen molar-refractivity contribution in [3.05, 3.63) is 59.2 Å². The molecule has 0 radical (unpaired) electrons. The summed E-state index contributed by atoms with van der Waals surface area (Å²) in [6.07, 6.45) is 0.271. The number of aliphatic hydroxyl groups excluding tert-OH is 2. The molecule has 0 fully saturated rings. The van der Waals surface area contributed by atoms with Gasteiger partial charge in [-0.2, -0.15) is 0 Å². The van der Waals surface area contributed by atoms with Crippen LogP contribution in [-0.4, -0.2) is 59.7 Å². The number of ether oxygens (including phenoxy) is 2. The third-order valence-electron chi connectivity index (χ3n) is 5.85. The summed E-state index contributed by atoms with van der Waals surface area (Å²) < 4.78 is 38.4. The Hall–Kier alpha value is -2.22. The molecular weight excluding hydrogens is 392 g/mol. The van der Waals surface area contributed by atoms with E-state index in [1.54, 1.807) is 12.1 Å². The van der Waals surface area contributed by atoms with Crippen LogP contribution < -0.4 is 9.47 Å². The van der Waals surface area contributed by atoms with Crippen molar-refractivity contribution in [2.45, 2.75) is 50.1 Å². The molecule has 0 saturated heterocycles. The van der Waals surface area contributed by atoms with Gasteiger partial charge in [0.15, 0.2) is 0 Å². The van der Waals surface area contributed by atoms with E-state index in [2.05, 4.69) is 0 Å². The summed E-state index contributed by atoms with van der Waals surface area (Å²) in [5.74, 6) is 0.644. The fourth-order valence-electron chi connectivity index (χ4n) is 4.25. The number of halogens is 2. The molecule has 2 aliphatic rings. The molecule has 2 heterocycles. The lowest BCUT2D eigenvalue weighted by molar-refractivity contribution is -0.0212. The summed E-state index contributed by atoms with van der Waals surface area (Å²) in [4.78, 5) is 1.85. The van der Waals surface area contributed by atoms with Crippen molar-refractivity contribution in [1.82, 2.24) is 4.90 Å². The quantitative estimate of drug-likeness (QED) is 0.754. The van der Waals surface area contributed by atoms with Gasteiger partial charge in [0, 0.05) is 13.1 Å². The average Bonchev–Trinajstić information content (AvgIpc) is 2.72. The summed E-state index contributed by atoms with van der Waals surface area (Å²) in [5, 5.41) is 21.2.